The molecule has 2 aromatic rings. The lowest BCUT2D eigenvalue weighted by Gasteiger charge is -2.26. The minimum atomic E-state index is -0.703. The molecule has 1 atom stereocenters. The average molecular weight is 425 g/mol. The third kappa shape index (κ3) is 4.56. The van der Waals surface area contributed by atoms with Crippen LogP contribution >= 0.6 is 0 Å². The molecule has 2 aliphatic rings. The van der Waals surface area contributed by atoms with E-state index in [-0.39, 0.29) is 18.0 Å². The van der Waals surface area contributed by atoms with Crippen LogP contribution in [-0.2, 0) is 21.4 Å². The molecule has 0 bridgehead atoms. The lowest BCUT2D eigenvalue weighted by Crippen LogP contribution is -2.44. The first-order valence-corrected chi connectivity index (χ1v) is 10.6. The molecule has 0 aliphatic carbocycles. The van der Waals surface area contributed by atoms with Crippen molar-refractivity contribution in [2.24, 2.45) is 7.05 Å². The van der Waals surface area contributed by atoms with Crippen molar-refractivity contribution in [3.63, 3.8) is 0 Å². The van der Waals surface area contributed by atoms with Crippen LogP contribution in [0, 0.1) is 11.8 Å². The molecule has 1 aromatic carbocycles. The smallest absolute Gasteiger partial charge is 0.329 e. The molecular formula is C22H27N5O4. The van der Waals surface area contributed by atoms with Gasteiger partial charge in [-0.3, -0.25) is 28.9 Å². The van der Waals surface area contributed by atoms with Crippen molar-refractivity contribution in [3.05, 3.63) is 34.2 Å². The van der Waals surface area contributed by atoms with E-state index >= 15 is 0 Å². The third-order valence-electron chi connectivity index (χ3n) is 5.78. The standard InChI is InChI=1S/C22H27N5O4/c1-25-20-16(5-3-14-31-15-13-26-11-9-23-10-12-26)4-2-6-17(20)27(22(25)30)18-7-8-19(28)24-21(18)29/h2,4,6,18,23H,7-15H2,1H3,(H,24,28,29). The van der Waals surface area contributed by atoms with Crippen LogP contribution in [0.3, 0.4) is 0 Å². The molecule has 1 aromatic heterocycles. The van der Waals surface area contributed by atoms with Crippen LogP contribution in [0.2, 0.25) is 0 Å². The first-order chi connectivity index (χ1) is 15.1. The van der Waals surface area contributed by atoms with Crippen LogP contribution in [0.4, 0.5) is 0 Å². The molecule has 9 heteroatoms. The van der Waals surface area contributed by atoms with Crippen LogP contribution in [0.25, 0.3) is 11.0 Å². The summed E-state index contributed by atoms with van der Waals surface area (Å²) < 4.78 is 8.63. The van der Waals surface area contributed by atoms with Crippen LogP contribution in [0.1, 0.15) is 24.4 Å². The summed E-state index contributed by atoms with van der Waals surface area (Å²) in [4.78, 5) is 39.1. The normalized spacial score (nSPS) is 19.8. The highest BCUT2D eigenvalue weighted by Gasteiger charge is 2.31. The second kappa shape index (κ2) is 9.47. The number of amides is 2. The number of rotatable bonds is 5. The Morgan fingerprint density at radius 2 is 2.00 bits per heavy atom. The number of carbonyl (C=O) groups excluding carboxylic acids is 2. The van der Waals surface area contributed by atoms with Gasteiger partial charge in [0, 0.05) is 46.2 Å². The number of hydrogen-bond donors (Lipinski definition) is 2. The van der Waals surface area contributed by atoms with E-state index in [0.29, 0.717) is 36.2 Å². The Morgan fingerprint density at radius 3 is 2.77 bits per heavy atom. The minimum absolute atomic E-state index is 0.212. The zero-order valence-electron chi connectivity index (χ0n) is 17.6. The number of fused-ring (bicyclic) bond motifs is 1. The topological polar surface area (TPSA) is 97.6 Å². The average Bonchev–Trinajstić information content (AvgIpc) is 3.02. The summed E-state index contributed by atoms with van der Waals surface area (Å²) in [5, 5.41) is 5.65. The van der Waals surface area contributed by atoms with E-state index in [4.69, 9.17) is 4.74 Å². The molecule has 0 radical (unpaired) electrons. The monoisotopic (exact) mass is 425 g/mol. The van der Waals surface area contributed by atoms with Crippen molar-refractivity contribution >= 4 is 22.8 Å². The predicted molar refractivity (Wildman–Crippen MR) is 116 cm³/mol. The van der Waals surface area contributed by atoms with Gasteiger partial charge in [-0.15, -0.1) is 0 Å². The number of carbonyl (C=O) groups is 2. The Balaban J connectivity index is 1.48. The molecule has 9 nitrogen and oxygen atoms in total. The maximum Gasteiger partial charge on any atom is 0.329 e. The quantitative estimate of drug-likeness (QED) is 0.384. The van der Waals surface area contributed by atoms with Crippen molar-refractivity contribution in [1.82, 2.24) is 24.7 Å². The van der Waals surface area contributed by atoms with E-state index in [9.17, 15) is 14.4 Å². The second-order valence-electron chi connectivity index (χ2n) is 7.80. The van der Waals surface area contributed by atoms with Gasteiger partial charge in [-0.1, -0.05) is 17.9 Å². The molecule has 2 amide bonds. The Kier molecular flexibility index (Phi) is 6.51. The predicted octanol–water partition coefficient (Wildman–Crippen LogP) is -0.409. The van der Waals surface area contributed by atoms with Gasteiger partial charge < -0.3 is 10.1 Å². The number of ether oxygens (including phenoxy) is 1. The highest BCUT2D eigenvalue weighted by Crippen LogP contribution is 2.24. The summed E-state index contributed by atoms with van der Waals surface area (Å²) in [5.74, 6) is 5.38. The fourth-order valence-electron chi connectivity index (χ4n) is 4.15. The van der Waals surface area contributed by atoms with Crippen LogP contribution < -0.4 is 16.3 Å². The highest BCUT2D eigenvalue weighted by atomic mass is 16.5. The SMILES string of the molecule is Cn1c(=O)n(C2CCC(=O)NC2=O)c2cccc(C#CCOCCN3CCNCC3)c21. The second-order valence-corrected chi connectivity index (χ2v) is 7.80. The molecule has 0 saturated carbocycles. The van der Waals surface area contributed by atoms with Gasteiger partial charge in [-0.25, -0.2) is 4.79 Å². The molecule has 1 unspecified atom stereocenters. The number of piperazine rings is 1. The summed E-state index contributed by atoms with van der Waals surface area (Å²) in [7, 11) is 1.67. The maximum absolute atomic E-state index is 12.9. The summed E-state index contributed by atoms with van der Waals surface area (Å²) in [6, 6.07) is 4.77. The number of aryl methyl sites for hydroxylation is 1. The zero-order valence-corrected chi connectivity index (χ0v) is 17.6. The Morgan fingerprint density at radius 1 is 1.19 bits per heavy atom. The van der Waals surface area contributed by atoms with Gasteiger partial charge >= 0.3 is 5.69 Å². The first-order valence-electron chi connectivity index (χ1n) is 10.6. The van der Waals surface area contributed by atoms with Gasteiger partial charge in [-0.05, 0) is 18.6 Å². The van der Waals surface area contributed by atoms with Crippen molar-refractivity contribution in [3.8, 4) is 11.8 Å². The van der Waals surface area contributed by atoms with Crippen LogP contribution in [0.15, 0.2) is 23.0 Å². The van der Waals surface area contributed by atoms with E-state index in [1.54, 1.807) is 13.1 Å². The summed E-state index contributed by atoms with van der Waals surface area (Å²) in [5.41, 5.74) is 1.71. The summed E-state index contributed by atoms with van der Waals surface area (Å²) in [6.45, 7) is 5.93. The van der Waals surface area contributed by atoms with E-state index in [1.807, 2.05) is 12.1 Å². The largest absolute Gasteiger partial charge is 0.367 e. The van der Waals surface area contributed by atoms with E-state index in [2.05, 4.69) is 27.4 Å². The van der Waals surface area contributed by atoms with Crippen molar-refractivity contribution in [2.45, 2.75) is 18.9 Å². The van der Waals surface area contributed by atoms with Crippen LogP contribution in [-0.4, -0.2) is 71.8 Å². The number of imidazole rings is 1. The van der Waals surface area contributed by atoms with Gasteiger partial charge in [0.25, 0.3) is 0 Å². The molecule has 3 heterocycles. The van der Waals surface area contributed by atoms with Gasteiger partial charge in [0.2, 0.25) is 11.8 Å². The van der Waals surface area contributed by atoms with Crippen molar-refractivity contribution in [1.29, 1.82) is 0 Å². The molecule has 4 rings (SSSR count). The number of piperidine rings is 1. The number of para-hydroxylation sites is 1. The Labute approximate surface area is 180 Å². The number of aromatic nitrogens is 2. The number of hydrogen-bond acceptors (Lipinski definition) is 6. The van der Waals surface area contributed by atoms with Gasteiger partial charge in [0.05, 0.1) is 23.2 Å². The molecule has 2 N–H and O–H groups in total. The first kappa shape index (κ1) is 21.3. The fraction of sp³-hybridized carbons (Fsp3) is 0.500. The zero-order chi connectivity index (χ0) is 21.8. The number of imide groups is 1. The maximum atomic E-state index is 12.9. The van der Waals surface area contributed by atoms with Crippen LogP contribution in [0.5, 0.6) is 0 Å². The number of benzene rings is 1. The lowest BCUT2D eigenvalue weighted by molar-refractivity contribution is -0.135. The molecule has 0 spiro atoms. The molecule has 31 heavy (non-hydrogen) atoms. The molecule has 164 valence electrons. The summed E-state index contributed by atoms with van der Waals surface area (Å²) in [6.07, 6.45) is 0.518. The van der Waals surface area contributed by atoms with E-state index in [0.717, 1.165) is 32.7 Å². The highest BCUT2D eigenvalue weighted by molar-refractivity contribution is 6.00. The van der Waals surface area contributed by atoms with Gasteiger partial charge in [0.1, 0.15) is 12.6 Å². The van der Waals surface area contributed by atoms with Gasteiger partial charge in [0.15, 0.2) is 0 Å². The number of nitrogens with zero attached hydrogens (tertiary/aromatic N) is 3. The Bertz CT molecular complexity index is 1100. The minimum Gasteiger partial charge on any atom is -0.367 e. The third-order valence-corrected chi connectivity index (χ3v) is 5.78. The van der Waals surface area contributed by atoms with Crippen molar-refractivity contribution in [2.75, 3.05) is 45.9 Å². The molecule has 2 saturated heterocycles. The van der Waals surface area contributed by atoms with Crippen molar-refractivity contribution < 1.29 is 14.3 Å². The lowest BCUT2D eigenvalue weighted by atomic mass is 10.1. The number of nitrogens with one attached hydrogen (secondary N) is 2. The molecule has 2 fully saturated rings. The van der Waals surface area contributed by atoms with E-state index in [1.165, 1.54) is 9.13 Å². The molecular weight excluding hydrogens is 398 g/mol. The van der Waals surface area contributed by atoms with Gasteiger partial charge in [-0.2, -0.15) is 0 Å². The summed E-state index contributed by atoms with van der Waals surface area (Å²) >= 11 is 0. The molecule has 2 aliphatic heterocycles. The Hall–Kier alpha value is -2.93. The fourth-order valence-corrected chi connectivity index (χ4v) is 4.15. The van der Waals surface area contributed by atoms with E-state index < -0.39 is 11.9 Å².